The average Bonchev–Trinajstić information content (AvgIpc) is 3.47. The fourth-order valence-corrected chi connectivity index (χ4v) is 6.75. The molecule has 3 nitrogen and oxygen atoms in total. The van der Waals surface area contributed by atoms with Crippen LogP contribution < -0.4 is 0 Å². The molecule has 1 aromatic heterocycles. The molecule has 0 saturated carbocycles. The summed E-state index contributed by atoms with van der Waals surface area (Å²) in [6.45, 7) is 0. The summed E-state index contributed by atoms with van der Waals surface area (Å²) in [5.41, 5.74) is 12.9. The van der Waals surface area contributed by atoms with E-state index < -0.39 is 0 Å². The normalized spacial score (nSPS) is 11.5. The molecule has 0 amide bonds. The fraction of sp³-hybridized carbons (Fsp3) is 0. The zero-order valence-corrected chi connectivity index (χ0v) is 24.9. The van der Waals surface area contributed by atoms with Crippen LogP contribution in [0.25, 0.3) is 89.4 Å². The van der Waals surface area contributed by atoms with Gasteiger partial charge in [0.1, 0.15) is 0 Å². The maximum atomic E-state index is 4.92. The van der Waals surface area contributed by atoms with Crippen LogP contribution >= 0.6 is 0 Å². The van der Waals surface area contributed by atoms with Crippen molar-refractivity contribution < 1.29 is 0 Å². The third-order valence-electron chi connectivity index (χ3n) is 8.92. The van der Waals surface area contributed by atoms with Gasteiger partial charge in [-0.2, -0.15) is 0 Å². The van der Waals surface area contributed by atoms with Gasteiger partial charge in [-0.25, -0.2) is 15.0 Å². The lowest BCUT2D eigenvalue weighted by Crippen LogP contribution is -2.00. The Labute approximate surface area is 267 Å². The molecule has 46 heavy (non-hydrogen) atoms. The zero-order valence-electron chi connectivity index (χ0n) is 24.9. The van der Waals surface area contributed by atoms with Crippen LogP contribution in [0.15, 0.2) is 164 Å². The van der Waals surface area contributed by atoms with Gasteiger partial charge in [0, 0.05) is 16.7 Å². The smallest absolute Gasteiger partial charge is 0.164 e. The first-order chi connectivity index (χ1) is 22.8. The Kier molecular flexibility index (Phi) is 6.14. The lowest BCUT2D eigenvalue weighted by molar-refractivity contribution is 1.07. The Morgan fingerprint density at radius 3 is 1.20 bits per heavy atom. The van der Waals surface area contributed by atoms with Crippen molar-refractivity contribution in [2.75, 3.05) is 0 Å². The quantitative estimate of drug-likeness (QED) is 0.202. The van der Waals surface area contributed by atoms with E-state index in [-0.39, 0.29) is 0 Å². The summed E-state index contributed by atoms with van der Waals surface area (Å²) < 4.78 is 0. The first-order valence-electron chi connectivity index (χ1n) is 15.5. The number of fused-ring (bicyclic) bond motifs is 3. The second-order valence-electron chi connectivity index (χ2n) is 11.6. The van der Waals surface area contributed by atoms with Crippen LogP contribution in [-0.2, 0) is 0 Å². The van der Waals surface area contributed by atoms with Crippen molar-refractivity contribution in [1.82, 2.24) is 15.0 Å². The van der Waals surface area contributed by atoms with Crippen LogP contribution in [0.2, 0.25) is 0 Å². The first kappa shape index (κ1) is 26.2. The lowest BCUT2D eigenvalue weighted by Gasteiger charge is -2.14. The van der Waals surface area contributed by atoms with Crippen molar-refractivity contribution in [2.45, 2.75) is 0 Å². The maximum absolute atomic E-state index is 4.92. The van der Waals surface area contributed by atoms with E-state index in [4.69, 9.17) is 15.0 Å². The molecule has 214 valence electrons. The molecule has 1 aliphatic rings. The van der Waals surface area contributed by atoms with Gasteiger partial charge in [-0.15, -0.1) is 0 Å². The molecular weight excluding hydrogens is 558 g/mol. The van der Waals surface area contributed by atoms with Gasteiger partial charge in [0.25, 0.3) is 0 Å². The molecule has 7 aromatic carbocycles. The molecule has 1 aliphatic carbocycles. The van der Waals surface area contributed by atoms with E-state index in [2.05, 4.69) is 103 Å². The van der Waals surface area contributed by atoms with E-state index in [0.29, 0.717) is 17.5 Å². The standard InChI is InChI=1S/C43H27N3/c1-3-12-29(13-4-1)41-44-42(30-14-5-2-6-15-30)46-43(45-41)31-24-22-28(23-25-31)32-16-7-8-17-33(32)36-26-27-39-35-19-10-9-18-34(35)37-20-11-21-38(36)40(37)39/h1-27H. The molecule has 0 fully saturated rings. The van der Waals surface area contributed by atoms with Gasteiger partial charge in [0.15, 0.2) is 17.5 Å². The van der Waals surface area contributed by atoms with Gasteiger partial charge in [-0.1, -0.05) is 164 Å². The van der Waals surface area contributed by atoms with E-state index in [9.17, 15) is 0 Å². The Balaban J connectivity index is 1.14. The minimum atomic E-state index is 0.652. The summed E-state index contributed by atoms with van der Waals surface area (Å²) in [7, 11) is 0. The van der Waals surface area contributed by atoms with Crippen molar-refractivity contribution in [2.24, 2.45) is 0 Å². The predicted octanol–water partition coefficient (Wildman–Crippen LogP) is 11.0. The van der Waals surface area contributed by atoms with Crippen molar-refractivity contribution in [3.63, 3.8) is 0 Å². The molecule has 8 aromatic rings. The predicted molar refractivity (Wildman–Crippen MR) is 189 cm³/mol. The van der Waals surface area contributed by atoms with E-state index in [1.165, 1.54) is 49.7 Å². The summed E-state index contributed by atoms with van der Waals surface area (Å²) in [6.07, 6.45) is 0. The molecule has 0 atom stereocenters. The second-order valence-corrected chi connectivity index (χ2v) is 11.6. The zero-order chi connectivity index (χ0) is 30.5. The summed E-state index contributed by atoms with van der Waals surface area (Å²) in [6, 6.07) is 57.5. The summed E-state index contributed by atoms with van der Waals surface area (Å²) in [5.74, 6) is 1.97. The molecule has 1 heterocycles. The van der Waals surface area contributed by atoms with Crippen molar-refractivity contribution in [3.8, 4) is 78.7 Å². The minimum Gasteiger partial charge on any atom is -0.208 e. The first-order valence-corrected chi connectivity index (χ1v) is 15.5. The Morgan fingerprint density at radius 2 is 0.630 bits per heavy atom. The topological polar surface area (TPSA) is 38.7 Å². The summed E-state index contributed by atoms with van der Waals surface area (Å²) in [4.78, 5) is 14.7. The largest absolute Gasteiger partial charge is 0.208 e. The van der Waals surface area contributed by atoms with Crippen LogP contribution in [0.4, 0.5) is 0 Å². The van der Waals surface area contributed by atoms with Crippen molar-refractivity contribution in [3.05, 3.63) is 164 Å². The molecule has 0 unspecified atom stereocenters. The van der Waals surface area contributed by atoms with Crippen LogP contribution in [0.5, 0.6) is 0 Å². The van der Waals surface area contributed by atoms with E-state index in [1.54, 1.807) is 0 Å². The molecule has 3 heteroatoms. The average molecular weight is 586 g/mol. The fourth-order valence-electron chi connectivity index (χ4n) is 6.75. The SMILES string of the molecule is c1ccc(-c2nc(-c3ccccc3)nc(-c3ccc(-c4ccccc4-c4ccc5c6c(cccc46)-c4ccccc4-5)cc3)n2)cc1. The lowest BCUT2D eigenvalue weighted by atomic mass is 9.89. The summed E-state index contributed by atoms with van der Waals surface area (Å²) in [5, 5.41) is 2.62. The van der Waals surface area contributed by atoms with Gasteiger partial charge < -0.3 is 0 Å². The van der Waals surface area contributed by atoms with Gasteiger partial charge >= 0.3 is 0 Å². The highest BCUT2D eigenvalue weighted by molar-refractivity contribution is 6.19. The van der Waals surface area contributed by atoms with E-state index in [0.717, 1.165) is 22.3 Å². The minimum absolute atomic E-state index is 0.652. The van der Waals surface area contributed by atoms with Crippen molar-refractivity contribution in [1.29, 1.82) is 0 Å². The maximum Gasteiger partial charge on any atom is 0.164 e. The second kappa shape index (κ2) is 10.8. The molecule has 0 radical (unpaired) electrons. The number of rotatable bonds is 5. The number of nitrogens with zero attached hydrogens (tertiary/aromatic N) is 3. The molecule has 0 saturated heterocycles. The molecule has 0 bridgehead atoms. The highest BCUT2D eigenvalue weighted by Crippen LogP contribution is 2.50. The Hall–Kier alpha value is -6.19. The van der Waals surface area contributed by atoms with Gasteiger partial charge in [-0.05, 0) is 55.3 Å². The molecule has 9 rings (SSSR count). The van der Waals surface area contributed by atoms with E-state index in [1.807, 2.05) is 60.7 Å². The molecular formula is C43H27N3. The monoisotopic (exact) mass is 585 g/mol. The van der Waals surface area contributed by atoms with E-state index >= 15 is 0 Å². The van der Waals surface area contributed by atoms with Crippen molar-refractivity contribution >= 4 is 10.8 Å². The number of aromatic nitrogens is 3. The van der Waals surface area contributed by atoms with Gasteiger partial charge in [0.05, 0.1) is 0 Å². The number of benzene rings is 7. The third kappa shape index (κ3) is 4.33. The van der Waals surface area contributed by atoms with Gasteiger partial charge in [-0.3, -0.25) is 0 Å². The number of hydrogen-bond donors (Lipinski definition) is 0. The highest BCUT2D eigenvalue weighted by Gasteiger charge is 2.23. The van der Waals surface area contributed by atoms with Crippen LogP contribution in [0.3, 0.4) is 0 Å². The van der Waals surface area contributed by atoms with Gasteiger partial charge in [0.2, 0.25) is 0 Å². The Morgan fingerprint density at radius 1 is 0.239 bits per heavy atom. The molecule has 0 N–H and O–H groups in total. The number of hydrogen-bond acceptors (Lipinski definition) is 3. The van der Waals surface area contributed by atoms with Crippen LogP contribution in [0.1, 0.15) is 0 Å². The van der Waals surface area contributed by atoms with Crippen LogP contribution in [-0.4, -0.2) is 15.0 Å². The molecule has 0 spiro atoms. The summed E-state index contributed by atoms with van der Waals surface area (Å²) >= 11 is 0. The molecule has 0 aliphatic heterocycles. The highest BCUT2D eigenvalue weighted by atomic mass is 15.0. The Bertz CT molecular complexity index is 2310. The third-order valence-corrected chi connectivity index (χ3v) is 8.92. The van der Waals surface area contributed by atoms with Crippen LogP contribution in [0, 0.1) is 0 Å².